The zero-order valence-electron chi connectivity index (χ0n) is 23.0. The van der Waals surface area contributed by atoms with E-state index in [1.165, 1.54) is 0 Å². The van der Waals surface area contributed by atoms with Gasteiger partial charge >= 0.3 is 0 Å². The Morgan fingerprint density at radius 3 is 2.53 bits per heavy atom. The zero-order valence-corrected chi connectivity index (χ0v) is 23.0. The van der Waals surface area contributed by atoms with Crippen molar-refractivity contribution in [1.82, 2.24) is 19.5 Å². The minimum absolute atomic E-state index is 0.0392. The van der Waals surface area contributed by atoms with Crippen LogP contribution in [0.25, 0.3) is 50.1 Å². The summed E-state index contributed by atoms with van der Waals surface area (Å²) < 4.78 is 8.01. The van der Waals surface area contributed by atoms with Crippen molar-refractivity contribution in [3.63, 3.8) is 0 Å². The Morgan fingerprint density at radius 1 is 0.907 bits per heavy atom. The van der Waals surface area contributed by atoms with Crippen LogP contribution in [-0.4, -0.2) is 42.3 Å². The van der Waals surface area contributed by atoms with Crippen LogP contribution in [-0.2, 0) is 11.3 Å². The highest BCUT2D eigenvalue weighted by atomic mass is 16.3. The summed E-state index contributed by atoms with van der Waals surface area (Å²) in [7, 11) is 0. The minimum Gasteiger partial charge on any atom is -0.508 e. The van der Waals surface area contributed by atoms with E-state index < -0.39 is 0 Å². The minimum atomic E-state index is -0.315. The third-order valence-corrected chi connectivity index (χ3v) is 7.85. The first-order chi connectivity index (χ1) is 21.1. The summed E-state index contributed by atoms with van der Waals surface area (Å²) in [6.45, 7) is 0.0392. The Hall–Kier alpha value is -5.76. The molecule has 4 heterocycles. The van der Waals surface area contributed by atoms with Crippen LogP contribution in [0.15, 0.2) is 119 Å². The maximum Gasteiger partial charge on any atom is 0.263 e. The SMILES string of the molecule is O=C(Cn1c2ccccc2c2nc3ccccc3nc21)N1N=C(c2cc3cc(O)ccc3o2)CC1/C=C/c1ccccc1. The molecular formula is C35H25N5O3. The summed E-state index contributed by atoms with van der Waals surface area (Å²) in [6.07, 6.45) is 4.51. The lowest BCUT2D eigenvalue weighted by Gasteiger charge is -2.19. The summed E-state index contributed by atoms with van der Waals surface area (Å²) in [5.74, 6) is 0.558. The number of phenols is 1. The lowest BCUT2D eigenvalue weighted by atomic mass is 10.1. The van der Waals surface area contributed by atoms with Crippen LogP contribution in [0.3, 0.4) is 0 Å². The molecule has 1 aliphatic rings. The third kappa shape index (κ3) is 4.40. The molecule has 7 aromatic rings. The molecule has 1 atom stereocenters. The second kappa shape index (κ2) is 9.95. The second-order valence-corrected chi connectivity index (χ2v) is 10.6. The highest BCUT2D eigenvalue weighted by Crippen LogP contribution is 2.31. The molecule has 0 aliphatic carbocycles. The highest BCUT2D eigenvalue weighted by molar-refractivity contribution is 6.07. The quantitative estimate of drug-likeness (QED) is 0.246. The Balaban J connectivity index is 1.20. The molecule has 0 bridgehead atoms. The molecule has 0 saturated heterocycles. The normalized spacial score (nSPS) is 15.4. The van der Waals surface area contributed by atoms with Crippen molar-refractivity contribution in [3.8, 4) is 5.75 Å². The molecule has 0 fully saturated rings. The van der Waals surface area contributed by atoms with Gasteiger partial charge in [0.2, 0.25) is 0 Å². The predicted octanol–water partition coefficient (Wildman–Crippen LogP) is 6.91. The van der Waals surface area contributed by atoms with Crippen LogP contribution >= 0.6 is 0 Å². The number of rotatable bonds is 5. The maximum atomic E-state index is 14.1. The number of amides is 1. The standard InChI is InChI=1S/C35H25N5O3/c41-25-16-17-31-23(18-25)19-32(43-31)29-20-24(15-14-22-8-2-1-3-9-22)40(38-29)33(42)21-39-30-13-7-4-10-26(30)34-35(39)37-28-12-6-5-11-27(28)36-34/h1-19,24,41H,20-21H2/b15-14+. The number of aromatic nitrogens is 3. The first-order valence-corrected chi connectivity index (χ1v) is 14.1. The Morgan fingerprint density at radius 2 is 1.67 bits per heavy atom. The Bertz CT molecular complexity index is 2250. The van der Waals surface area contributed by atoms with Crippen LogP contribution in [0, 0.1) is 0 Å². The van der Waals surface area contributed by atoms with Crippen LogP contribution in [0.5, 0.6) is 5.75 Å². The van der Waals surface area contributed by atoms with E-state index in [0.29, 0.717) is 29.1 Å². The molecule has 8 rings (SSSR count). The van der Waals surface area contributed by atoms with E-state index in [-0.39, 0.29) is 24.2 Å². The van der Waals surface area contributed by atoms with E-state index in [0.717, 1.165) is 38.4 Å². The third-order valence-electron chi connectivity index (χ3n) is 7.85. The van der Waals surface area contributed by atoms with Crippen LogP contribution in [0.1, 0.15) is 17.7 Å². The van der Waals surface area contributed by atoms with Crippen LogP contribution < -0.4 is 0 Å². The number of benzene rings is 4. The molecule has 3 aromatic heterocycles. The number of para-hydroxylation sites is 3. The van der Waals surface area contributed by atoms with E-state index in [1.807, 2.05) is 102 Å². The number of phenolic OH excluding ortho intramolecular Hbond substituents is 1. The average Bonchev–Trinajstić information content (AvgIpc) is 3.74. The molecule has 0 saturated carbocycles. The molecule has 0 spiro atoms. The van der Waals surface area contributed by atoms with Crippen molar-refractivity contribution in [3.05, 3.63) is 121 Å². The van der Waals surface area contributed by atoms with Gasteiger partial charge in [0.15, 0.2) is 11.4 Å². The topological polar surface area (TPSA) is 96.8 Å². The van der Waals surface area contributed by atoms with Gasteiger partial charge in [-0.2, -0.15) is 5.10 Å². The predicted molar refractivity (Wildman–Crippen MR) is 168 cm³/mol. The van der Waals surface area contributed by atoms with Gasteiger partial charge < -0.3 is 14.1 Å². The van der Waals surface area contributed by atoms with E-state index in [2.05, 4.69) is 0 Å². The molecule has 1 N–H and O–H groups in total. The maximum absolute atomic E-state index is 14.1. The molecule has 43 heavy (non-hydrogen) atoms. The molecule has 1 unspecified atom stereocenters. The van der Waals surface area contributed by atoms with E-state index in [4.69, 9.17) is 19.5 Å². The number of fused-ring (bicyclic) bond motifs is 5. The monoisotopic (exact) mass is 563 g/mol. The zero-order chi connectivity index (χ0) is 28.9. The van der Waals surface area contributed by atoms with Crippen molar-refractivity contribution >= 4 is 61.8 Å². The second-order valence-electron chi connectivity index (χ2n) is 10.6. The first kappa shape index (κ1) is 25.0. The van der Waals surface area contributed by atoms with Crippen LogP contribution in [0.4, 0.5) is 0 Å². The molecule has 0 radical (unpaired) electrons. The van der Waals surface area contributed by atoms with Gasteiger partial charge in [-0.05, 0) is 48.0 Å². The number of hydrogen-bond acceptors (Lipinski definition) is 6. The number of furan rings is 1. The number of nitrogens with zero attached hydrogens (tertiary/aromatic N) is 5. The summed E-state index contributed by atoms with van der Waals surface area (Å²) in [6, 6.07) is 32.2. The smallest absolute Gasteiger partial charge is 0.263 e. The molecule has 8 nitrogen and oxygen atoms in total. The highest BCUT2D eigenvalue weighted by Gasteiger charge is 2.32. The first-order valence-electron chi connectivity index (χ1n) is 14.1. The molecule has 1 aliphatic heterocycles. The van der Waals surface area contributed by atoms with Gasteiger partial charge in [0.05, 0.1) is 22.6 Å². The number of hydrogen-bond donors (Lipinski definition) is 1. The Labute approximate surface area is 245 Å². The number of aromatic hydroxyl groups is 1. The molecular weight excluding hydrogens is 538 g/mol. The number of hydrazone groups is 1. The fourth-order valence-electron chi connectivity index (χ4n) is 5.78. The van der Waals surface area contributed by atoms with Gasteiger partial charge in [-0.25, -0.2) is 15.0 Å². The molecule has 1 amide bonds. The van der Waals surface area contributed by atoms with Gasteiger partial charge in [0, 0.05) is 17.2 Å². The van der Waals surface area contributed by atoms with Crippen molar-refractivity contribution in [2.24, 2.45) is 5.10 Å². The Kier molecular flexibility index (Phi) is 5.78. The van der Waals surface area contributed by atoms with Crippen molar-refractivity contribution in [2.75, 3.05) is 0 Å². The van der Waals surface area contributed by atoms with Gasteiger partial charge in [-0.3, -0.25) is 4.79 Å². The van der Waals surface area contributed by atoms with Crippen molar-refractivity contribution in [2.45, 2.75) is 19.0 Å². The lowest BCUT2D eigenvalue weighted by molar-refractivity contribution is -0.132. The largest absolute Gasteiger partial charge is 0.508 e. The van der Waals surface area contributed by atoms with Gasteiger partial charge in [-0.15, -0.1) is 0 Å². The van der Waals surface area contributed by atoms with Crippen molar-refractivity contribution < 1.29 is 14.3 Å². The van der Waals surface area contributed by atoms with Gasteiger partial charge in [0.1, 0.15) is 29.1 Å². The van der Waals surface area contributed by atoms with E-state index in [9.17, 15) is 9.90 Å². The summed E-state index contributed by atoms with van der Waals surface area (Å²) in [5, 5.41) is 18.0. The lowest BCUT2D eigenvalue weighted by Crippen LogP contribution is -2.34. The van der Waals surface area contributed by atoms with Crippen molar-refractivity contribution in [1.29, 1.82) is 0 Å². The molecule has 8 heteroatoms. The fourth-order valence-corrected chi connectivity index (χ4v) is 5.78. The number of carbonyl (C=O) groups is 1. The van der Waals surface area contributed by atoms with E-state index >= 15 is 0 Å². The summed E-state index contributed by atoms with van der Waals surface area (Å²) in [4.78, 5) is 24.0. The molecule has 4 aromatic carbocycles. The van der Waals surface area contributed by atoms with E-state index in [1.54, 1.807) is 23.2 Å². The average molecular weight is 564 g/mol. The summed E-state index contributed by atoms with van der Waals surface area (Å²) >= 11 is 0. The summed E-state index contributed by atoms with van der Waals surface area (Å²) in [5.41, 5.74) is 6.23. The molecule has 208 valence electrons. The fraction of sp³-hybridized carbons (Fsp3) is 0.0857. The van der Waals surface area contributed by atoms with Crippen LogP contribution in [0.2, 0.25) is 0 Å². The van der Waals surface area contributed by atoms with Gasteiger partial charge in [0.25, 0.3) is 5.91 Å². The van der Waals surface area contributed by atoms with Gasteiger partial charge in [-0.1, -0.05) is 72.8 Å². The number of carbonyl (C=O) groups excluding carboxylic acids is 1.